The minimum Gasteiger partial charge on any atom is -0.460 e. The molecule has 1 unspecified atom stereocenters. The highest BCUT2D eigenvalue weighted by molar-refractivity contribution is 7.03. The van der Waals surface area contributed by atoms with Gasteiger partial charge in [0.25, 0.3) is 0 Å². The van der Waals surface area contributed by atoms with Crippen molar-refractivity contribution in [3.63, 3.8) is 0 Å². The van der Waals surface area contributed by atoms with Crippen molar-refractivity contribution in [2.75, 3.05) is 0 Å². The molecule has 13 rings (SSSR count). The second kappa shape index (κ2) is 14.4. The minimum absolute atomic E-state index is 0.232. The lowest BCUT2D eigenvalue weighted by Gasteiger charge is -2.29. The molecule has 0 N–H and O–H groups in total. The van der Waals surface area contributed by atoms with Crippen LogP contribution in [0, 0.1) is 13.8 Å². The van der Waals surface area contributed by atoms with Gasteiger partial charge in [-0.2, -0.15) is 0 Å². The van der Waals surface area contributed by atoms with E-state index in [9.17, 15) is 0 Å². The first-order chi connectivity index (χ1) is 32.4. The van der Waals surface area contributed by atoms with E-state index in [1.165, 1.54) is 0 Å². The lowest BCUT2D eigenvalue weighted by atomic mass is 9.35. The standard InChI is InChI=1S/C53H27B9N4O/c1-22-23(2)40(56)42(58)36(39(22)55)31-21-32(54)37-38-43(59)44(60)45(61)47-49(38)66(48(37)41(31)57)34-16-9-13-28-26-19-18-25(20-33(26)62(47)46(28)34)52-63-51(24-10-4-3-5-11-24)64-53(65-52)30-15-8-14-29-27-12-6-7-17-35(27)67-50(29)30/h3-14,16-21,30H,15H2,1-2H3. The molecular weight excluding hydrogens is 806 g/mol. The van der Waals surface area contributed by atoms with Gasteiger partial charge in [-0.3, -0.25) is 0 Å². The predicted molar refractivity (Wildman–Crippen MR) is 285 cm³/mol. The van der Waals surface area contributed by atoms with Crippen LogP contribution < -0.4 is 60.1 Å². The van der Waals surface area contributed by atoms with Crippen LogP contribution in [0.4, 0.5) is 0 Å². The van der Waals surface area contributed by atoms with Gasteiger partial charge in [-0.25, -0.2) is 15.0 Å². The Hall–Kier alpha value is -6.79. The molecule has 0 fully saturated rings. The number of hydrogen-bond acceptors (Lipinski definition) is 4. The third-order valence-corrected chi connectivity index (χ3v) is 14.6. The van der Waals surface area contributed by atoms with Gasteiger partial charge in [0.05, 0.1) is 5.92 Å². The van der Waals surface area contributed by atoms with E-state index in [-0.39, 0.29) is 18.1 Å². The number of hydrogen-bond donors (Lipinski definition) is 0. The van der Waals surface area contributed by atoms with E-state index in [1.807, 2.05) is 62.4 Å². The van der Waals surface area contributed by atoms with Gasteiger partial charge in [-0.1, -0.05) is 152 Å². The average Bonchev–Trinajstić information content (AvgIpc) is 4.03. The zero-order chi connectivity index (χ0) is 45.9. The van der Waals surface area contributed by atoms with Crippen LogP contribution in [0.3, 0.4) is 0 Å². The summed E-state index contributed by atoms with van der Waals surface area (Å²) in [4.78, 5) is 15.6. The van der Waals surface area contributed by atoms with Gasteiger partial charge in [-0.05, 0) is 70.9 Å². The van der Waals surface area contributed by atoms with Crippen molar-refractivity contribution in [2.45, 2.75) is 26.2 Å². The van der Waals surface area contributed by atoms with Gasteiger partial charge in [0.2, 0.25) is 6.71 Å². The van der Waals surface area contributed by atoms with Gasteiger partial charge >= 0.3 is 0 Å². The first-order valence-electron chi connectivity index (χ1n) is 22.2. The Bertz CT molecular complexity index is 3900. The number of allylic oxidation sites excluding steroid dienone is 1. The van der Waals surface area contributed by atoms with E-state index in [4.69, 9.17) is 82.1 Å². The highest BCUT2D eigenvalue weighted by Gasteiger charge is 2.43. The number of furan rings is 1. The zero-order valence-corrected chi connectivity index (χ0v) is 36.6. The van der Waals surface area contributed by atoms with Crippen molar-refractivity contribution in [2.24, 2.45) is 0 Å². The van der Waals surface area contributed by atoms with Crippen LogP contribution in [0.5, 0.6) is 0 Å². The van der Waals surface area contributed by atoms with Crippen LogP contribution in [-0.2, 0) is 0 Å². The molecule has 3 aromatic heterocycles. The maximum absolute atomic E-state index is 7.36. The van der Waals surface area contributed by atoms with Gasteiger partial charge in [0, 0.05) is 38.8 Å². The van der Waals surface area contributed by atoms with Crippen LogP contribution in [0.2, 0.25) is 0 Å². The maximum atomic E-state index is 7.36. The molecule has 16 radical (unpaired) electrons. The van der Waals surface area contributed by atoms with Crippen molar-refractivity contribution < 1.29 is 4.42 Å². The number of aromatic nitrogens is 4. The molecule has 5 nitrogen and oxygen atoms in total. The summed E-state index contributed by atoms with van der Waals surface area (Å²) in [7, 11) is 55.8. The van der Waals surface area contributed by atoms with Crippen LogP contribution in [0.1, 0.15) is 40.6 Å². The lowest BCUT2D eigenvalue weighted by Crippen LogP contribution is -2.62. The number of nitrogens with zero attached hydrogens (tertiary/aromatic N) is 4. The Labute approximate surface area is 398 Å². The summed E-state index contributed by atoms with van der Waals surface area (Å²) in [6, 6.07) is 32.6. The summed E-state index contributed by atoms with van der Waals surface area (Å²) in [6.45, 7) is 3.46. The zero-order valence-electron chi connectivity index (χ0n) is 36.6. The van der Waals surface area contributed by atoms with E-state index >= 15 is 0 Å². The number of rotatable bonds is 4. The lowest BCUT2D eigenvalue weighted by molar-refractivity contribution is 0.506. The topological polar surface area (TPSA) is 56.7 Å². The van der Waals surface area contributed by atoms with E-state index in [2.05, 4.69) is 59.2 Å². The molecule has 0 bridgehead atoms. The van der Waals surface area contributed by atoms with Crippen molar-refractivity contribution >= 4 is 168 Å². The van der Waals surface area contributed by atoms with E-state index in [0.29, 0.717) is 89.5 Å². The Kier molecular flexibility index (Phi) is 8.68. The average molecular weight is 833 g/mol. The summed E-state index contributed by atoms with van der Waals surface area (Å²) >= 11 is 0. The smallest absolute Gasteiger partial charge is 0.247 e. The molecule has 0 saturated carbocycles. The predicted octanol–water partition coefficient (Wildman–Crippen LogP) is 1.04. The van der Waals surface area contributed by atoms with E-state index in [0.717, 1.165) is 83.3 Å². The van der Waals surface area contributed by atoms with Crippen LogP contribution in [0.25, 0.3) is 89.6 Å². The molecule has 67 heavy (non-hydrogen) atoms. The second-order valence-electron chi connectivity index (χ2n) is 18.0. The van der Waals surface area contributed by atoms with Crippen LogP contribution in [-0.4, -0.2) is 89.0 Å². The first-order valence-corrected chi connectivity index (χ1v) is 22.2. The highest BCUT2D eigenvalue weighted by atomic mass is 16.3. The largest absolute Gasteiger partial charge is 0.460 e. The molecule has 10 aromatic rings. The second-order valence-corrected chi connectivity index (χ2v) is 18.0. The van der Waals surface area contributed by atoms with Gasteiger partial charge in [0.1, 0.15) is 79.9 Å². The fourth-order valence-corrected chi connectivity index (χ4v) is 11.2. The third kappa shape index (κ3) is 5.41. The normalized spacial score (nSPS) is 14.3. The summed E-state index contributed by atoms with van der Waals surface area (Å²) in [5, 5.41) is 2.37. The van der Waals surface area contributed by atoms with Crippen molar-refractivity contribution in [3.05, 3.63) is 131 Å². The SMILES string of the molecule is [B]c1c([B])c(-c2cc([B])c3c4c([B])c([B])c([B])c5c4n(c3c2[B])-c2cccc3c2B5c2cc(-c4nc(-c5ccccc5)nc(C5CC=Cc6c5oc5ccccc65)n4)ccc2-3)c([B])c(C)c1C. The Morgan fingerprint density at radius 3 is 2.15 bits per heavy atom. The van der Waals surface area contributed by atoms with E-state index < -0.39 is 0 Å². The molecular formula is C53H27B9N4O. The fourth-order valence-electron chi connectivity index (χ4n) is 11.2. The molecule has 7 aromatic carbocycles. The Balaban J connectivity index is 1.05. The van der Waals surface area contributed by atoms with Gasteiger partial charge in [0.15, 0.2) is 11.6 Å². The fraction of sp³-hybridized carbons (Fsp3) is 0.0755. The highest BCUT2D eigenvalue weighted by Crippen LogP contribution is 2.41. The quantitative estimate of drug-likeness (QED) is 0.249. The van der Waals surface area contributed by atoms with Crippen LogP contribution >= 0.6 is 0 Å². The number of para-hydroxylation sites is 1. The monoisotopic (exact) mass is 834 g/mol. The molecule has 0 amide bonds. The summed E-state index contributed by atoms with van der Waals surface area (Å²) < 4.78 is 8.68. The molecule has 5 heterocycles. The molecule has 292 valence electrons. The summed E-state index contributed by atoms with van der Waals surface area (Å²) in [6.07, 6.45) is 4.98. The summed E-state index contributed by atoms with van der Waals surface area (Å²) in [5.74, 6) is 2.34. The molecule has 14 heteroatoms. The van der Waals surface area contributed by atoms with Crippen LogP contribution in [0.15, 0.2) is 108 Å². The van der Waals surface area contributed by atoms with Gasteiger partial charge in [-0.15, -0.1) is 10.9 Å². The minimum atomic E-state index is -0.354. The Morgan fingerprint density at radius 2 is 1.34 bits per heavy atom. The maximum Gasteiger partial charge on any atom is 0.247 e. The van der Waals surface area contributed by atoms with Crippen molar-refractivity contribution in [1.82, 2.24) is 19.5 Å². The molecule has 1 aliphatic carbocycles. The molecule has 1 atom stereocenters. The Morgan fingerprint density at radius 1 is 0.597 bits per heavy atom. The first kappa shape index (κ1) is 40.5. The van der Waals surface area contributed by atoms with Crippen molar-refractivity contribution in [3.8, 4) is 50.7 Å². The molecule has 3 aliphatic rings. The molecule has 0 spiro atoms. The molecule has 2 aliphatic heterocycles. The van der Waals surface area contributed by atoms with Gasteiger partial charge < -0.3 is 8.98 Å². The number of fused-ring (bicyclic) bond motifs is 11. The summed E-state index contributed by atoms with van der Waals surface area (Å²) in [5.41, 5.74) is 16.6. The van der Waals surface area contributed by atoms with Crippen molar-refractivity contribution in [1.29, 1.82) is 0 Å². The number of benzene rings is 7. The van der Waals surface area contributed by atoms with E-state index in [1.54, 1.807) is 6.07 Å². The molecule has 0 saturated heterocycles. The third-order valence-electron chi connectivity index (χ3n) is 14.6.